The normalized spacial score (nSPS) is 17.6. The molecule has 34 heavy (non-hydrogen) atoms. The maximum atomic E-state index is 13.5. The van der Waals surface area contributed by atoms with Crippen molar-refractivity contribution in [1.82, 2.24) is 25.5 Å². The third kappa shape index (κ3) is 3.87. The zero-order chi connectivity index (χ0) is 23.5. The van der Waals surface area contributed by atoms with Crippen LogP contribution in [0, 0.1) is 0 Å². The maximum Gasteiger partial charge on any atom is 0.256 e. The molecule has 0 atom stereocenters. The van der Waals surface area contributed by atoms with Crippen LogP contribution in [-0.4, -0.2) is 53.7 Å². The lowest BCUT2D eigenvalue weighted by Crippen LogP contribution is -2.42. The summed E-state index contributed by atoms with van der Waals surface area (Å²) in [5, 5.41) is 27.5. The van der Waals surface area contributed by atoms with Crippen LogP contribution in [0.5, 0.6) is 0 Å². The number of aliphatic imine (C=N–C) groups is 1. The Kier molecular flexibility index (Phi) is 5.91. The minimum Gasteiger partial charge on any atom is -0.411 e. The number of hydrogen-bond donors (Lipinski definition) is 2. The van der Waals surface area contributed by atoms with Crippen molar-refractivity contribution >= 4 is 17.5 Å². The smallest absolute Gasteiger partial charge is 0.256 e. The van der Waals surface area contributed by atoms with Gasteiger partial charge in [-0.2, -0.15) is 5.21 Å². The first-order valence-corrected chi connectivity index (χ1v) is 11.7. The predicted octanol–water partition coefficient (Wildman–Crippen LogP) is 4.22. The molecule has 3 aromatic rings. The Morgan fingerprint density at radius 3 is 2.50 bits per heavy atom. The molecule has 1 aromatic heterocycles. The molecule has 2 N–H and O–H groups in total. The van der Waals surface area contributed by atoms with E-state index in [4.69, 9.17) is 4.99 Å². The summed E-state index contributed by atoms with van der Waals surface area (Å²) >= 11 is 0. The van der Waals surface area contributed by atoms with E-state index in [0.717, 1.165) is 54.4 Å². The van der Waals surface area contributed by atoms with Gasteiger partial charge in [0.25, 0.3) is 5.91 Å². The molecule has 2 aliphatic rings. The number of rotatable bonds is 7. The largest absolute Gasteiger partial charge is 0.411 e. The molecule has 2 aromatic carbocycles. The first-order chi connectivity index (χ1) is 16.6. The van der Waals surface area contributed by atoms with Gasteiger partial charge in [-0.25, -0.2) is 4.99 Å². The molecule has 0 unspecified atom stereocenters. The highest BCUT2D eigenvalue weighted by molar-refractivity contribution is 6.45. The summed E-state index contributed by atoms with van der Waals surface area (Å²) in [6.45, 7) is 2.40. The highest BCUT2D eigenvalue weighted by atomic mass is 16.4. The van der Waals surface area contributed by atoms with E-state index in [1.807, 2.05) is 55.5 Å². The summed E-state index contributed by atoms with van der Waals surface area (Å²) in [7, 11) is 0. The Morgan fingerprint density at radius 1 is 1.12 bits per heavy atom. The number of H-pyrrole nitrogens is 1. The first kappa shape index (κ1) is 21.9. The molecule has 0 saturated heterocycles. The Balaban J connectivity index is 1.43. The molecule has 5 rings (SSSR count). The minimum absolute atomic E-state index is 0.0174. The SMILES string of the molecule is CCC/C(=N/O)C1=NC2(CCCC2)C(=O)N1Cc1ccc(-c2ccccc2-c2nn[nH]n2)cc1. The van der Waals surface area contributed by atoms with Crippen LogP contribution in [0.2, 0.25) is 0 Å². The standard InChI is InChI=1S/C25H27N7O2/c1-2-7-21(29-34)23-26-25(14-5-6-15-25)24(33)32(23)16-17-10-12-18(13-11-17)19-8-3-4-9-20(19)22-27-30-31-28-22/h3-4,8-13,34H,2,5-7,14-16H2,1H3,(H,27,28,30,31)/b29-21-. The molecule has 2 heterocycles. The van der Waals surface area contributed by atoms with E-state index in [9.17, 15) is 10.0 Å². The van der Waals surface area contributed by atoms with Crippen molar-refractivity contribution in [2.24, 2.45) is 10.1 Å². The van der Waals surface area contributed by atoms with E-state index < -0.39 is 5.54 Å². The van der Waals surface area contributed by atoms with Gasteiger partial charge in [0.2, 0.25) is 5.82 Å². The number of amides is 1. The number of nitrogens with one attached hydrogen (secondary N) is 1. The first-order valence-electron chi connectivity index (χ1n) is 11.7. The third-order valence-corrected chi connectivity index (χ3v) is 6.63. The van der Waals surface area contributed by atoms with E-state index in [-0.39, 0.29) is 5.91 Å². The fraction of sp³-hybridized carbons (Fsp3) is 0.360. The molecule has 9 nitrogen and oxygen atoms in total. The molecule has 174 valence electrons. The number of aromatic nitrogens is 4. The number of tetrazole rings is 1. The van der Waals surface area contributed by atoms with Crippen molar-refractivity contribution in [3.8, 4) is 22.5 Å². The second-order valence-corrected chi connectivity index (χ2v) is 8.84. The average Bonchev–Trinajstić information content (AvgIpc) is 3.62. The van der Waals surface area contributed by atoms with Gasteiger partial charge >= 0.3 is 0 Å². The van der Waals surface area contributed by atoms with E-state index in [1.54, 1.807) is 4.90 Å². The van der Waals surface area contributed by atoms with E-state index in [1.165, 1.54) is 0 Å². The van der Waals surface area contributed by atoms with Crippen molar-refractivity contribution in [1.29, 1.82) is 0 Å². The number of benzene rings is 2. The summed E-state index contributed by atoms with van der Waals surface area (Å²) in [5.41, 5.74) is 3.66. The van der Waals surface area contributed by atoms with Crippen LogP contribution in [-0.2, 0) is 11.3 Å². The number of oxime groups is 1. The fourth-order valence-electron chi connectivity index (χ4n) is 4.93. The van der Waals surface area contributed by atoms with Gasteiger partial charge in [-0.1, -0.05) is 79.9 Å². The zero-order valence-corrected chi connectivity index (χ0v) is 19.1. The second kappa shape index (κ2) is 9.17. The summed E-state index contributed by atoms with van der Waals surface area (Å²) < 4.78 is 0. The minimum atomic E-state index is -0.692. The number of carbonyl (C=O) groups excluding carboxylic acids is 1. The van der Waals surface area contributed by atoms with Gasteiger partial charge in [0, 0.05) is 5.56 Å². The Morgan fingerprint density at radius 2 is 1.85 bits per heavy atom. The summed E-state index contributed by atoms with van der Waals surface area (Å²) in [4.78, 5) is 20.0. The van der Waals surface area contributed by atoms with Gasteiger partial charge in [0.15, 0.2) is 5.84 Å². The topological polar surface area (TPSA) is 120 Å². The molecule has 9 heteroatoms. The van der Waals surface area contributed by atoms with Crippen LogP contribution in [0.25, 0.3) is 22.5 Å². The van der Waals surface area contributed by atoms with Gasteiger partial charge in [0.1, 0.15) is 11.3 Å². The average molecular weight is 458 g/mol. The van der Waals surface area contributed by atoms with Crippen LogP contribution in [0.1, 0.15) is 51.0 Å². The predicted molar refractivity (Wildman–Crippen MR) is 128 cm³/mol. The van der Waals surface area contributed by atoms with Crippen LogP contribution in [0.4, 0.5) is 0 Å². The van der Waals surface area contributed by atoms with Crippen molar-refractivity contribution in [2.75, 3.05) is 0 Å². The molecule has 1 aliphatic heterocycles. The highest BCUT2D eigenvalue weighted by Gasteiger charge is 2.50. The number of amidine groups is 1. The Bertz CT molecular complexity index is 1230. The van der Waals surface area contributed by atoms with Gasteiger partial charge in [-0.15, -0.1) is 10.2 Å². The van der Waals surface area contributed by atoms with Crippen molar-refractivity contribution in [3.63, 3.8) is 0 Å². The molecule has 1 spiro atoms. The van der Waals surface area contributed by atoms with Crippen LogP contribution in [0.3, 0.4) is 0 Å². The molecule has 1 amide bonds. The van der Waals surface area contributed by atoms with Gasteiger partial charge in [0.05, 0.1) is 6.54 Å². The highest BCUT2D eigenvalue weighted by Crippen LogP contribution is 2.40. The summed E-state index contributed by atoms with van der Waals surface area (Å²) in [6.07, 6.45) is 4.86. The van der Waals surface area contributed by atoms with Gasteiger partial charge in [-0.05, 0) is 41.2 Å². The number of carbonyl (C=O) groups is 1. The monoisotopic (exact) mass is 457 g/mol. The number of aromatic amines is 1. The third-order valence-electron chi connectivity index (χ3n) is 6.63. The quantitative estimate of drug-likeness (QED) is 0.313. The molecule has 0 radical (unpaired) electrons. The number of nitrogens with zero attached hydrogens (tertiary/aromatic N) is 6. The molecule has 1 fully saturated rings. The lowest BCUT2D eigenvalue weighted by atomic mass is 9.97. The molecule has 0 bridgehead atoms. The second-order valence-electron chi connectivity index (χ2n) is 8.84. The summed E-state index contributed by atoms with van der Waals surface area (Å²) in [5.74, 6) is 1.07. The van der Waals surface area contributed by atoms with Gasteiger partial charge in [-0.3, -0.25) is 9.69 Å². The van der Waals surface area contributed by atoms with E-state index in [0.29, 0.717) is 30.3 Å². The van der Waals surface area contributed by atoms with Crippen LogP contribution < -0.4 is 0 Å². The Labute approximate surface area is 197 Å². The van der Waals surface area contributed by atoms with Crippen molar-refractivity contribution in [2.45, 2.75) is 57.5 Å². The van der Waals surface area contributed by atoms with Crippen molar-refractivity contribution < 1.29 is 10.0 Å². The van der Waals surface area contributed by atoms with E-state index >= 15 is 0 Å². The maximum absolute atomic E-state index is 13.5. The fourth-order valence-corrected chi connectivity index (χ4v) is 4.93. The molecular formula is C25H27N7O2. The van der Waals surface area contributed by atoms with Crippen LogP contribution >= 0.6 is 0 Å². The van der Waals surface area contributed by atoms with Crippen LogP contribution in [0.15, 0.2) is 58.7 Å². The molecule has 1 saturated carbocycles. The van der Waals surface area contributed by atoms with Crippen molar-refractivity contribution in [3.05, 3.63) is 54.1 Å². The lowest BCUT2D eigenvalue weighted by molar-refractivity contribution is -0.131. The number of hydrogen-bond acceptors (Lipinski definition) is 7. The summed E-state index contributed by atoms with van der Waals surface area (Å²) in [6, 6.07) is 16.0. The van der Waals surface area contributed by atoms with Gasteiger partial charge < -0.3 is 5.21 Å². The molecular weight excluding hydrogens is 430 g/mol. The zero-order valence-electron chi connectivity index (χ0n) is 19.1. The Hall–Kier alpha value is -3.88. The molecule has 1 aliphatic carbocycles. The van der Waals surface area contributed by atoms with E-state index in [2.05, 4.69) is 25.8 Å². The lowest BCUT2D eigenvalue weighted by Gasteiger charge is -2.23.